The summed E-state index contributed by atoms with van der Waals surface area (Å²) in [5.41, 5.74) is 6.54. The molecule has 3 N–H and O–H groups in total. The van der Waals surface area contributed by atoms with Crippen molar-refractivity contribution in [3.63, 3.8) is 0 Å². The van der Waals surface area contributed by atoms with Crippen LogP contribution in [0.2, 0.25) is 5.15 Å². The lowest BCUT2D eigenvalue weighted by molar-refractivity contribution is 0.0922. The third-order valence-electron chi connectivity index (χ3n) is 3.91. The van der Waals surface area contributed by atoms with E-state index >= 15 is 0 Å². The van der Waals surface area contributed by atoms with Gasteiger partial charge in [-0.2, -0.15) is 0 Å². The van der Waals surface area contributed by atoms with Crippen molar-refractivity contribution in [2.75, 3.05) is 5.73 Å². The molecule has 0 aromatic carbocycles. The molecule has 0 unspecified atom stereocenters. The van der Waals surface area contributed by atoms with E-state index in [0.29, 0.717) is 11.3 Å². The molecular weight excluding hydrogens is 262 g/mol. The maximum Gasteiger partial charge on any atom is 0.253 e. The first-order valence-corrected chi connectivity index (χ1v) is 7.19. The summed E-state index contributed by atoms with van der Waals surface area (Å²) in [5.74, 6) is 0.662. The van der Waals surface area contributed by atoms with Gasteiger partial charge in [-0.25, -0.2) is 4.98 Å². The average Bonchev–Trinajstić information content (AvgIpc) is 2.42. The number of nitrogens with one attached hydrogen (secondary N) is 1. The highest BCUT2D eigenvalue weighted by Crippen LogP contribution is 2.27. The molecule has 1 aliphatic rings. The van der Waals surface area contributed by atoms with Gasteiger partial charge in [0.2, 0.25) is 0 Å². The Morgan fingerprint density at radius 3 is 2.79 bits per heavy atom. The van der Waals surface area contributed by atoms with Gasteiger partial charge in [0.25, 0.3) is 5.91 Å². The molecule has 0 radical (unpaired) electrons. The van der Waals surface area contributed by atoms with Crippen molar-refractivity contribution in [2.24, 2.45) is 5.92 Å². The monoisotopic (exact) mass is 281 g/mol. The standard InChI is InChI=1S/C14H20ClN3O/c1-2-9-3-5-10(6-4-9)18-14(19)11-7-13(15)17-8-12(11)16/h7-10H,2-6,16H2,1H3,(H,18,19). The SMILES string of the molecule is CCC1CCC(NC(=O)c2cc(Cl)ncc2N)CC1. The lowest BCUT2D eigenvalue weighted by Crippen LogP contribution is -2.37. The van der Waals surface area contributed by atoms with E-state index in [1.807, 2.05) is 0 Å². The summed E-state index contributed by atoms with van der Waals surface area (Å²) < 4.78 is 0. The summed E-state index contributed by atoms with van der Waals surface area (Å²) in [6, 6.07) is 1.77. The van der Waals surface area contributed by atoms with Gasteiger partial charge in [-0.05, 0) is 37.7 Å². The number of pyridine rings is 1. The number of amides is 1. The van der Waals surface area contributed by atoms with Gasteiger partial charge in [-0.3, -0.25) is 4.79 Å². The van der Waals surface area contributed by atoms with Gasteiger partial charge in [0.15, 0.2) is 0 Å². The summed E-state index contributed by atoms with van der Waals surface area (Å²) >= 11 is 5.79. The maximum atomic E-state index is 12.2. The number of carbonyl (C=O) groups is 1. The highest BCUT2D eigenvalue weighted by Gasteiger charge is 2.22. The van der Waals surface area contributed by atoms with Gasteiger partial charge in [0.1, 0.15) is 5.15 Å². The zero-order valence-corrected chi connectivity index (χ0v) is 11.9. The Kier molecular flexibility index (Phi) is 4.64. The number of nitrogens with zero attached hydrogens (tertiary/aromatic N) is 1. The normalized spacial score (nSPS) is 23.1. The molecular formula is C14H20ClN3O. The fraction of sp³-hybridized carbons (Fsp3) is 0.571. The molecule has 5 heteroatoms. The van der Waals surface area contributed by atoms with E-state index in [1.165, 1.54) is 31.5 Å². The number of aromatic nitrogens is 1. The van der Waals surface area contributed by atoms with Crippen LogP contribution in [-0.2, 0) is 0 Å². The van der Waals surface area contributed by atoms with Crippen LogP contribution >= 0.6 is 11.6 Å². The van der Waals surface area contributed by atoms with Crippen molar-refractivity contribution in [1.29, 1.82) is 0 Å². The first-order chi connectivity index (χ1) is 9.10. The molecule has 0 aliphatic heterocycles. The molecule has 0 saturated heterocycles. The second-order valence-corrected chi connectivity index (χ2v) is 5.58. The van der Waals surface area contributed by atoms with E-state index in [1.54, 1.807) is 0 Å². The van der Waals surface area contributed by atoms with E-state index in [2.05, 4.69) is 17.2 Å². The van der Waals surface area contributed by atoms with Gasteiger partial charge in [-0.15, -0.1) is 0 Å². The third-order valence-corrected chi connectivity index (χ3v) is 4.11. The quantitative estimate of drug-likeness (QED) is 0.837. The van der Waals surface area contributed by atoms with Crippen LogP contribution < -0.4 is 11.1 Å². The zero-order chi connectivity index (χ0) is 13.8. The number of anilines is 1. The second kappa shape index (κ2) is 6.24. The molecule has 4 nitrogen and oxygen atoms in total. The summed E-state index contributed by atoms with van der Waals surface area (Å²) in [6.45, 7) is 2.23. The molecule has 1 aromatic rings. The molecule has 1 aromatic heterocycles. The smallest absolute Gasteiger partial charge is 0.253 e. The van der Waals surface area contributed by atoms with E-state index < -0.39 is 0 Å². The fourth-order valence-corrected chi connectivity index (χ4v) is 2.77. The number of rotatable bonds is 3. The van der Waals surface area contributed by atoms with Gasteiger partial charge in [0.05, 0.1) is 17.4 Å². The van der Waals surface area contributed by atoms with Crippen molar-refractivity contribution >= 4 is 23.2 Å². The Labute approximate surface area is 118 Å². The first-order valence-electron chi connectivity index (χ1n) is 6.82. The highest BCUT2D eigenvalue weighted by atomic mass is 35.5. The number of hydrogen-bond acceptors (Lipinski definition) is 3. The highest BCUT2D eigenvalue weighted by molar-refractivity contribution is 6.29. The lowest BCUT2D eigenvalue weighted by Gasteiger charge is -2.28. The van der Waals surface area contributed by atoms with Crippen LogP contribution in [0.5, 0.6) is 0 Å². The summed E-state index contributed by atoms with van der Waals surface area (Å²) in [5, 5.41) is 3.33. The molecule has 104 valence electrons. The predicted octanol–water partition coefficient (Wildman–Crippen LogP) is 3.02. The van der Waals surface area contributed by atoms with Crippen LogP contribution in [0.3, 0.4) is 0 Å². The molecule has 0 bridgehead atoms. The van der Waals surface area contributed by atoms with Gasteiger partial charge in [-0.1, -0.05) is 24.9 Å². The largest absolute Gasteiger partial charge is 0.397 e. The Hall–Kier alpha value is -1.29. The Morgan fingerprint density at radius 2 is 2.16 bits per heavy atom. The second-order valence-electron chi connectivity index (χ2n) is 5.19. The Balaban J connectivity index is 1.96. The van der Waals surface area contributed by atoms with Gasteiger partial charge < -0.3 is 11.1 Å². The molecule has 19 heavy (non-hydrogen) atoms. The summed E-state index contributed by atoms with van der Waals surface area (Å²) in [6.07, 6.45) is 7.12. The van der Waals surface area contributed by atoms with Gasteiger partial charge in [0, 0.05) is 6.04 Å². The van der Waals surface area contributed by atoms with Crippen molar-refractivity contribution in [2.45, 2.75) is 45.1 Å². The van der Waals surface area contributed by atoms with Crippen LogP contribution in [0.25, 0.3) is 0 Å². The fourth-order valence-electron chi connectivity index (χ4n) is 2.62. The first kappa shape index (κ1) is 14.1. The van der Waals surface area contributed by atoms with Crippen molar-refractivity contribution in [1.82, 2.24) is 10.3 Å². The molecule has 2 rings (SSSR count). The maximum absolute atomic E-state index is 12.2. The predicted molar refractivity (Wildman–Crippen MR) is 77.2 cm³/mol. The number of hydrogen-bond donors (Lipinski definition) is 2. The van der Waals surface area contributed by atoms with Crippen LogP contribution in [-0.4, -0.2) is 16.9 Å². The third kappa shape index (κ3) is 3.60. The number of halogens is 1. The summed E-state index contributed by atoms with van der Waals surface area (Å²) in [4.78, 5) is 16.0. The minimum Gasteiger partial charge on any atom is -0.397 e. The van der Waals surface area contributed by atoms with E-state index in [0.717, 1.165) is 18.8 Å². The Bertz CT molecular complexity index is 456. The molecule has 1 saturated carbocycles. The van der Waals surface area contributed by atoms with Crippen LogP contribution in [0.4, 0.5) is 5.69 Å². The minimum absolute atomic E-state index is 0.151. The topological polar surface area (TPSA) is 68.0 Å². The van der Waals surface area contributed by atoms with Crippen molar-refractivity contribution < 1.29 is 4.79 Å². The number of nitrogen functional groups attached to an aromatic ring is 1. The van der Waals surface area contributed by atoms with Crippen LogP contribution in [0.1, 0.15) is 49.4 Å². The van der Waals surface area contributed by atoms with E-state index in [-0.39, 0.29) is 17.1 Å². The lowest BCUT2D eigenvalue weighted by atomic mass is 9.84. The molecule has 0 atom stereocenters. The summed E-state index contributed by atoms with van der Waals surface area (Å²) in [7, 11) is 0. The molecule has 0 spiro atoms. The van der Waals surface area contributed by atoms with E-state index in [4.69, 9.17) is 17.3 Å². The number of carbonyl (C=O) groups excluding carboxylic acids is 1. The minimum atomic E-state index is -0.151. The van der Waals surface area contributed by atoms with Crippen molar-refractivity contribution in [3.05, 3.63) is 23.0 Å². The van der Waals surface area contributed by atoms with Crippen molar-refractivity contribution in [3.8, 4) is 0 Å². The molecule has 1 amide bonds. The number of nitrogens with two attached hydrogens (primary N) is 1. The van der Waals surface area contributed by atoms with Gasteiger partial charge >= 0.3 is 0 Å². The zero-order valence-electron chi connectivity index (χ0n) is 11.2. The van der Waals surface area contributed by atoms with E-state index in [9.17, 15) is 4.79 Å². The van der Waals surface area contributed by atoms with Crippen LogP contribution in [0.15, 0.2) is 12.3 Å². The molecule has 1 heterocycles. The average molecular weight is 282 g/mol. The molecule has 1 fully saturated rings. The Morgan fingerprint density at radius 1 is 1.47 bits per heavy atom. The molecule has 1 aliphatic carbocycles. The van der Waals surface area contributed by atoms with Crippen LogP contribution in [0, 0.1) is 5.92 Å².